The third kappa shape index (κ3) is 2.40. The summed E-state index contributed by atoms with van der Waals surface area (Å²) in [7, 11) is 0. The van der Waals surface area contributed by atoms with E-state index in [4.69, 9.17) is 0 Å². The maximum absolute atomic E-state index is 13.7. The Morgan fingerprint density at radius 3 is 2.80 bits per heavy atom. The maximum Gasteiger partial charge on any atom is 0.225 e. The molecule has 1 heterocycles. The molecule has 1 aromatic carbocycles. The summed E-state index contributed by atoms with van der Waals surface area (Å²) in [6.45, 7) is 1.98. The van der Waals surface area contributed by atoms with Crippen LogP contribution in [0.2, 0.25) is 0 Å². The highest BCUT2D eigenvalue weighted by Gasteiger charge is 2.39. The SMILES string of the molecule is CC(=O)c1c(F)cccc1NC1CC(=O)N(C2CC2)C1. The van der Waals surface area contributed by atoms with Gasteiger partial charge in [-0.05, 0) is 31.9 Å². The molecule has 1 aromatic rings. The number of halogens is 1. The van der Waals surface area contributed by atoms with Crippen LogP contribution in [0.25, 0.3) is 0 Å². The van der Waals surface area contributed by atoms with Gasteiger partial charge in [-0.15, -0.1) is 0 Å². The van der Waals surface area contributed by atoms with Crippen LogP contribution in [0, 0.1) is 5.82 Å². The van der Waals surface area contributed by atoms with E-state index in [0.29, 0.717) is 24.7 Å². The van der Waals surface area contributed by atoms with Crippen LogP contribution in [0.3, 0.4) is 0 Å². The number of amides is 1. The van der Waals surface area contributed by atoms with Gasteiger partial charge in [-0.25, -0.2) is 4.39 Å². The van der Waals surface area contributed by atoms with Crippen molar-refractivity contribution in [2.45, 2.75) is 38.3 Å². The molecule has 2 fully saturated rings. The Balaban J connectivity index is 1.77. The minimum atomic E-state index is -0.522. The molecule has 1 atom stereocenters. The van der Waals surface area contributed by atoms with Gasteiger partial charge in [-0.2, -0.15) is 0 Å². The third-order valence-electron chi connectivity index (χ3n) is 3.87. The molecule has 0 bridgehead atoms. The van der Waals surface area contributed by atoms with E-state index in [2.05, 4.69) is 5.32 Å². The topological polar surface area (TPSA) is 49.4 Å². The molecule has 0 aromatic heterocycles. The Morgan fingerprint density at radius 1 is 1.40 bits per heavy atom. The first-order chi connectivity index (χ1) is 9.56. The van der Waals surface area contributed by atoms with Gasteiger partial charge in [0.1, 0.15) is 5.82 Å². The monoisotopic (exact) mass is 276 g/mol. The summed E-state index contributed by atoms with van der Waals surface area (Å²) < 4.78 is 13.7. The summed E-state index contributed by atoms with van der Waals surface area (Å²) in [5.74, 6) is -0.689. The fraction of sp³-hybridized carbons (Fsp3) is 0.467. The van der Waals surface area contributed by atoms with E-state index in [1.165, 1.54) is 13.0 Å². The Labute approximate surface area is 117 Å². The average Bonchev–Trinajstić information content (AvgIpc) is 3.14. The van der Waals surface area contributed by atoms with Crippen molar-refractivity contribution < 1.29 is 14.0 Å². The molecular formula is C15H17FN2O2. The van der Waals surface area contributed by atoms with Crippen molar-refractivity contribution in [1.29, 1.82) is 0 Å². The van der Waals surface area contributed by atoms with Gasteiger partial charge >= 0.3 is 0 Å². The van der Waals surface area contributed by atoms with Crippen molar-refractivity contribution in [3.8, 4) is 0 Å². The van der Waals surface area contributed by atoms with E-state index in [0.717, 1.165) is 12.8 Å². The second-order valence-electron chi connectivity index (χ2n) is 5.54. The minimum Gasteiger partial charge on any atom is -0.379 e. The molecule has 106 valence electrons. The molecule has 5 heteroatoms. The molecule has 20 heavy (non-hydrogen) atoms. The van der Waals surface area contributed by atoms with Gasteiger partial charge in [0.25, 0.3) is 0 Å². The summed E-state index contributed by atoms with van der Waals surface area (Å²) in [4.78, 5) is 25.3. The number of anilines is 1. The van der Waals surface area contributed by atoms with Crippen molar-refractivity contribution in [3.05, 3.63) is 29.6 Å². The van der Waals surface area contributed by atoms with Crippen LogP contribution in [0.15, 0.2) is 18.2 Å². The number of rotatable bonds is 4. The molecule has 1 aliphatic heterocycles. The van der Waals surface area contributed by atoms with Crippen molar-refractivity contribution >= 4 is 17.4 Å². The lowest BCUT2D eigenvalue weighted by Gasteiger charge is -2.18. The number of nitrogens with zero attached hydrogens (tertiary/aromatic N) is 1. The van der Waals surface area contributed by atoms with Gasteiger partial charge in [-0.1, -0.05) is 6.07 Å². The number of carbonyl (C=O) groups excluding carboxylic acids is 2. The minimum absolute atomic E-state index is 0.0528. The second kappa shape index (κ2) is 4.89. The van der Waals surface area contributed by atoms with Gasteiger partial charge < -0.3 is 10.2 Å². The fourth-order valence-electron chi connectivity index (χ4n) is 2.79. The van der Waals surface area contributed by atoms with E-state index < -0.39 is 5.82 Å². The van der Waals surface area contributed by atoms with Crippen LogP contribution in [-0.2, 0) is 4.79 Å². The molecule has 1 saturated carbocycles. The molecule has 4 nitrogen and oxygen atoms in total. The molecule has 1 unspecified atom stereocenters. The Kier molecular flexibility index (Phi) is 3.20. The van der Waals surface area contributed by atoms with E-state index in [9.17, 15) is 14.0 Å². The van der Waals surface area contributed by atoms with E-state index in [1.54, 1.807) is 12.1 Å². The number of benzene rings is 1. The molecule has 1 amide bonds. The Morgan fingerprint density at radius 2 is 2.15 bits per heavy atom. The summed E-state index contributed by atoms with van der Waals surface area (Å²) in [6, 6.07) is 4.87. The van der Waals surface area contributed by atoms with Gasteiger partial charge in [0.15, 0.2) is 5.78 Å². The number of carbonyl (C=O) groups is 2. The predicted molar refractivity (Wildman–Crippen MR) is 73.2 cm³/mol. The Bertz CT molecular complexity index is 569. The number of hydrogen-bond acceptors (Lipinski definition) is 3. The van der Waals surface area contributed by atoms with Crippen LogP contribution < -0.4 is 5.32 Å². The predicted octanol–water partition coefficient (Wildman–Crippen LogP) is 2.20. The lowest BCUT2D eigenvalue weighted by Crippen LogP contribution is -2.30. The lowest BCUT2D eigenvalue weighted by atomic mass is 10.1. The highest BCUT2D eigenvalue weighted by molar-refractivity contribution is 6.00. The van der Waals surface area contributed by atoms with Crippen molar-refractivity contribution in [2.75, 3.05) is 11.9 Å². The van der Waals surface area contributed by atoms with Crippen LogP contribution in [0.1, 0.15) is 36.5 Å². The van der Waals surface area contributed by atoms with Crippen molar-refractivity contribution in [2.24, 2.45) is 0 Å². The summed E-state index contributed by atoms with van der Waals surface area (Å²) in [5, 5.41) is 3.15. The third-order valence-corrected chi connectivity index (χ3v) is 3.87. The summed E-state index contributed by atoms with van der Waals surface area (Å²) in [6.07, 6.45) is 2.57. The first kappa shape index (κ1) is 13.1. The molecule has 1 aliphatic carbocycles. The zero-order valence-corrected chi connectivity index (χ0v) is 11.4. The number of nitrogens with one attached hydrogen (secondary N) is 1. The van der Waals surface area contributed by atoms with E-state index >= 15 is 0 Å². The van der Waals surface area contributed by atoms with Crippen LogP contribution in [0.4, 0.5) is 10.1 Å². The largest absolute Gasteiger partial charge is 0.379 e. The maximum atomic E-state index is 13.7. The zero-order valence-electron chi connectivity index (χ0n) is 11.4. The molecule has 2 aliphatic rings. The molecular weight excluding hydrogens is 259 g/mol. The molecule has 1 saturated heterocycles. The van der Waals surface area contributed by atoms with Crippen molar-refractivity contribution in [3.63, 3.8) is 0 Å². The average molecular weight is 276 g/mol. The Hall–Kier alpha value is -1.91. The highest BCUT2D eigenvalue weighted by atomic mass is 19.1. The second-order valence-corrected chi connectivity index (χ2v) is 5.54. The lowest BCUT2D eigenvalue weighted by molar-refractivity contribution is -0.128. The molecule has 1 N–H and O–H groups in total. The summed E-state index contributed by atoms with van der Waals surface area (Å²) in [5.41, 5.74) is 0.553. The molecule has 0 radical (unpaired) electrons. The van der Waals surface area contributed by atoms with Crippen LogP contribution >= 0.6 is 0 Å². The normalized spacial score (nSPS) is 22.2. The summed E-state index contributed by atoms with van der Waals surface area (Å²) >= 11 is 0. The van der Waals surface area contributed by atoms with Gasteiger partial charge in [0.2, 0.25) is 5.91 Å². The van der Waals surface area contributed by atoms with Crippen molar-refractivity contribution in [1.82, 2.24) is 4.90 Å². The first-order valence-corrected chi connectivity index (χ1v) is 6.91. The van der Waals surface area contributed by atoms with Gasteiger partial charge in [0.05, 0.1) is 11.6 Å². The van der Waals surface area contributed by atoms with Gasteiger partial charge in [-0.3, -0.25) is 9.59 Å². The fourth-order valence-corrected chi connectivity index (χ4v) is 2.79. The highest BCUT2D eigenvalue weighted by Crippen LogP contribution is 2.32. The van der Waals surface area contributed by atoms with Crippen LogP contribution in [0.5, 0.6) is 0 Å². The van der Waals surface area contributed by atoms with E-state index in [-0.39, 0.29) is 23.3 Å². The number of ketones is 1. The molecule has 0 spiro atoms. The van der Waals surface area contributed by atoms with Gasteiger partial charge in [0, 0.05) is 24.7 Å². The number of Topliss-reactive ketones (excluding diaryl/α,β-unsaturated/α-hetero) is 1. The smallest absolute Gasteiger partial charge is 0.225 e. The zero-order chi connectivity index (χ0) is 14.3. The van der Waals surface area contributed by atoms with Crippen LogP contribution in [-0.4, -0.2) is 35.2 Å². The standard InChI is InChI=1S/C15H17FN2O2/c1-9(19)15-12(16)3-2-4-13(15)17-10-7-14(20)18(8-10)11-5-6-11/h2-4,10-11,17H,5-8H2,1H3. The van der Waals surface area contributed by atoms with E-state index in [1.807, 2.05) is 4.90 Å². The quantitative estimate of drug-likeness (QED) is 0.858. The number of hydrogen-bond donors (Lipinski definition) is 1. The first-order valence-electron chi connectivity index (χ1n) is 6.91. The number of likely N-dealkylation sites (tertiary alicyclic amines) is 1. The molecule has 3 rings (SSSR count).